The lowest BCUT2D eigenvalue weighted by Gasteiger charge is -2.18. The van der Waals surface area contributed by atoms with Gasteiger partial charge in [0.1, 0.15) is 6.04 Å². The van der Waals surface area contributed by atoms with Gasteiger partial charge >= 0.3 is 12.6 Å². The summed E-state index contributed by atoms with van der Waals surface area (Å²) in [5.74, 6) is -0.902. The molecule has 5 nitrogen and oxygen atoms in total. The molecule has 1 aromatic carbocycles. The fourth-order valence-corrected chi connectivity index (χ4v) is 1.85. The van der Waals surface area contributed by atoms with Gasteiger partial charge < -0.3 is 19.9 Å². The Labute approximate surface area is 121 Å². The van der Waals surface area contributed by atoms with Crippen molar-refractivity contribution in [2.45, 2.75) is 33.0 Å². The van der Waals surface area contributed by atoms with Gasteiger partial charge in [-0.15, -0.1) is 0 Å². The van der Waals surface area contributed by atoms with Crippen molar-refractivity contribution >= 4 is 5.97 Å². The lowest BCUT2D eigenvalue weighted by Crippen LogP contribution is -2.40. The Morgan fingerprint density at radius 1 is 1.33 bits per heavy atom. The van der Waals surface area contributed by atoms with Gasteiger partial charge in [0.15, 0.2) is 11.5 Å². The Morgan fingerprint density at radius 2 is 2.00 bits per heavy atom. The molecule has 0 aliphatic rings. The molecular weight excluding hydrogens is 284 g/mol. The van der Waals surface area contributed by atoms with E-state index in [9.17, 15) is 13.6 Å². The van der Waals surface area contributed by atoms with E-state index in [0.29, 0.717) is 5.56 Å². The van der Waals surface area contributed by atoms with E-state index in [0.717, 1.165) is 0 Å². The highest BCUT2D eigenvalue weighted by Gasteiger charge is 2.20. The summed E-state index contributed by atoms with van der Waals surface area (Å²) in [7, 11) is 1.35. The third-order valence-corrected chi connectivity index (χ3v) is 2.90. The molecule has 0 aliphatic carbocycles. The highest BCUT2D eigenvalue weighted by Crippen LogP contribution is 2.29. The summed E-state index contributed by atoms with van der Waals surface area (Å²) in [5.41, 5.74) is 0.709. The van der Waals surface area contributed by atoms with Crippen LogP contribution in [0.4, 0.5) is 8.78 Å². The molecular formula is C14H19F2NO4. The number of aliphatic carboxylic acids is 1. The zero-order valence-electron chi connectivity index (χ0n) is 12.1. The first-order chi connectivity index (χ1) is 9.85. The topological polar surface area (TPSA) is 67.8 Å². The molecule has 0 amide bonds. The second-order valence-electron chi connectivity index (χ2n) is 4.80. The first kappa shape index (κ1) is 17.2. The van der Waals surface area contributed by atoms with Gasteiger partial charge in [-0.25, -0.2) is 0 Å². The maximum atomic E-state index is 12.2. The number of carboxylic acids is 1. The van der Waals surface area contributed by atoms with Crippen LogP contribution in [-0.4, -0.2) is 30.8 Å². The highest BCUT2D eigenvalue weighted by molar-refractivity contribution is 5.73. The van der Waals surface area contributed by atoms with Crippen LogP contribution in [0.15, 0.2) is 18.2 Å². The lowest BCUT2D eigenvalue weighted by atomic mass is 10.0. The van der Waals surface area contributed by atoms with Gasteiger partial charge in [0, 0.05) is 6.54 Å². The predicted molar refractivity (Wildman–Crippen MR) is 72.7 cm³/mol. The second kappa shape index (κ2) is 7.78. The maximum absolute atomic E-state index is 12.2. The van der Waals surface area contributed by atoms with Crippen molar-refractivity contribution < 1.29 is 28.2 Å². The van der Waals surface area contributed by atoms with Crippen molar-refractivity contribution in [3.8, 4) is 11.5 Å². The number of alkyl halides is 2. The average Bonchev–Trinajstić information content (AvgIpc) is 2.38. The number of carbonyl (C=O) groups is 1. The van der Waals surface area contributed by atoms with Gasteiger partial charge in [0.2, 0.25) is 0 Å². The molecule has 0 saturated carbocycles. The number of nitrogens with one attached hydrogen (secondary N) is 1. The summed E-state index contributed by atoms with van der Waals surface area (Å²) < 4.78 is 33.7. The molecule has 0 radical (unpaired) electrons. The van der Waals surface area contributed by atoms with Crippen LogP contribution >= 0.6 is 0 Å². The molecule has 2 N–H and O–H groups in total. The standard InChI is InChI=1S/C14H19F2NO4/c1-8(2)12(13(18)19)17-7-9-4-5-10(21-14(15)16)11(6-9)20-3/h4-6,8,12,14,17H,7H2,1-3H3,(H,18,19). The minimum Gasteiger partial charge on any atom is -0.493 e. The van der Waals surface area contributed by atoms with Crippen molar-refractivity contribution in [1.82, 2.24) is 5.32 Å². The van der Waals surface area contributed by atoms with E-state index in [1.807, 2.05) is 0 Å². The molecule has 21 heavy (non-hydrogen) atoms. The number of rotatable bonds is 8. The van der Waals surface area contributed by atoms with Crippen LogP contribution in [0.3, 0.4) is 0 Å². The van der Waals surface area contributed by atoms with E-state index in [4.69, 9.17) is 9.84 Å². The van der Waals surface area contributed by atoms with Crippen LogP contribution in [0.2, 0.25) is 0 Å². The highest BCUT2D eigenvalue weighted by atomic mass is 19.3. The number of halogens is 2. The number of methoxy groups -OCH3 is 1. The van der Waals surface area contributed by atoms with Crippen LogP contribution in [0, 0.1) is 5.92 Å². The van der Waals surface area contributed by atoms with Crippen molar-refractivity contribution in [3.05, 3.63) is 23.8 Å². The van der Waals surface area contributed by atoms with Crippen LogP contribution in [0.1, 0.15) is 19.4 Å². The molecule has 7 heteroatoms. The minimum absolute atomic E-state index is 0.0603. The van der Waals surface area contributed by atoms with Crippen molar-refractivity contribution in [1.29, 1.82) is 0 Å². The fourth-order valence-electron chi connectivity index (χ4n) is 1.85. The molecule has 0 saturated heterocycles. The van der Waals surface area contributed by atoms with E-state index in [1.165, 1.54) is 19.2 Å². The Bertz CT molecular complexity index is 480. The van der Waals surface area contributed by atoms with Crippen molar-refractivity contribution in [3.63, 3.8) is 0 Å². The Morgan fingerprint density at radius 3 is 2.48 bits per heavy atom. The lowest BCUT2D eigenvalue weighted by molar-refractivity contribution is -0.140. The molecule has 118 valence electrons. The van der Waals surface area contributed by atoms with E-state index in [2.05, 4.69) is 10.1 Å². The third kappa shape index (κ3) is 5.18. The first-order valence-corrected chi connectivity index (χ1v) is 6.43. The van der Waals surface area contributed by atoms with E-state index in [-0.39, 0.29) is 24.0 Å². The maximum Gasteiger partial charge on any atom is 0.387 e. The van der Waals surface area contributed by atoms with Crippen LogP contribution in [-0.2, 0) is 11.3 Å². The minimum atomic E-state index is -2.93. The molecule has 1 rings (SSSR count). The van der Waals surface area contributed by atoms with Gasteiger partial charge in [-0.3, -0.25) is 4.79 Å². The average molecular weight is 303 g/mol. The molecule has 0 bridgehead atoms. The van der Waals surface area contributed by atoms with Crippen LogP contribution in [0.5, 0.6) is 11.5 Å². The second-order valence-corrected chi connectivity index (χ2v) is 4.80. The fraction of sp³-hybridized carbons (Fsp3) is 0.500. The summed E-state index contributed by atoms with van der Waals surface area (Å²) >= 11 is 0. The van der Waals surface area contributed by atoms with E-state index in [1.54, 1.807) is 19.9 Å². The predicted octanol–water partition coefficient (Wildman–Crippen LogP) is 2.50. The van der Waals surface area contributed by atoms with E-state index < -0.39 is 18.6 Å². The smallest absolute Gasteiger partial charge is 0.387 e. The zero-order chi connectivity index (χ0) is 16.0. The summed E-state index contributed by atoms with van der Waals surface area (Å²) in [5, 5.41) is 12.0. The van der Waals surface area contributed by atoms with Gasteiger partial charge in [-0.2, -0.15) is 8.78 Å². The van der Waals surface area contributed by atoms with Crippen molar-refractivity contribution in [2.75, 3.05) is 7.11 Å². The number of benzene rings is 1. The Balaban J connectivity index is 2.78. The quantitative estimate of drug-likeness (QED) is 0.772. The summed E-state index contributed by atoms with van der Waals surface area (Å²) in [6.07, 6.45) is 0. The number of carboxylic acid groups (broad SMARTS) is 1. The normalized spacial score (nSPS) is 12.5. The van der Waals surface area contributed by atoms with Crippen LogP contribution in [0.25, 0.3) is 0 Å². The SMILES string of the molecule is COc1cc(CNC(C(=O)O)C(C)C)ccc1OC(F)F. The number of hydrogen-bond acceptors (Lipinski definition) is 4. The summed E-state index contributed by atoms with van der Waals surface area (Å²) in [6, 6.07) is 3.79. The third-order valence-electron chi connectivity index (χ3n) is 2.90. The molecule has 1 atom stereocenters. The molecule has 0 aromatic heterocycles. The summed E-state index contributed by atoms with van der Waals surface area (Å²) in [4.78, 5) is 11.1. The molecule has 0 spiro atoms. The summed E-state index contributed by atoms with van der Waals surface area (Å²) in [6.45, 7) is 0.943. The Hall–Kier alpha value is -1.89. The first-order valence-electron chi connectivity index (χ1n) is 6.43. The van der Waals surface area contributed by atoms with Gasteiger partial charge in [-0.05, 0) is 23.6 Å². The molecule has 1 unspecified atom stereocenters. The molecule has 0 fully saturated rings. The zero-order valence-corrected chi connectivity index (χ0v) is 12.1. The number of hydrogen-bond donors (Lipinski definition) is 2. The van der Waals surface area contributed by atoms with E-state index >= 15 is 0 Å². The van der Waals surface area contributed by atoms with Gasteiger partial charge in [0.05, 0.1) is 7.11 Å². The van der Waals surface area contributed by atoms with Crippen molar-refractivity contribution in [2.24, 2.45) is 5.92 Å². The Kier molecular flexibility index (Phi) is 6.36. The molecule has 0 heterocycles. The molecule has 1 aromatic rings. The monoisotopic (exact) mass is 303 g/mol. The van der Waals surface area contributed by atoms with Crippen LogP contribution < -0.4 is 14.8 Å². The molecule has 0 aliphatic heterocycles. The largest absolute Gasteiger partial charge is 0.493 e. The number of ether oxygens (including phenoxy) is 2. The van der Waals surface area contributed by atoms with Gasteiger partial charge in [0.25, 0.3) is 0 Å². The van der Waals surface area contributed by atoms with Gasteiger partial charge in [-0.1, -0.05) is 19.9 Å².